The maximum atomic E-state index is 12.5. The van der Waals surface area contributed by atoms with Gasteiger partial charge in [-0.2, -0.15) is 0 Å². The fourth-order valence-electron chi connectivity index (χ4n) is 2.88. The molecule has 0 aromatic heterocycles. The smallest absolute Gasteiger partial charge is 0.318 e. The van der Waals surface area contributed by atoms with E-state index in [2.05, 4.69) is 22.8 Å². The number of benzene rings is 2. The molecule has 2 atom stereocenters. The minimum Gasteiger partial charge on any atom is -0.351 e. The van der Waals surface area contributed by atoms with Gasteiger partial charge in [0.05, 0.1) is 0 Å². The first-order valence-corrected chi connectivity index (χ1v) is 8.76. The molecule has 4 N–H and O–H groups in total. The number of hydrogen-bond acceptors (Lipinski definition) is 4. The highest BCUT2D eigenvalue weighted by Crippen LogP contribution is 2.37. The Labute approximate surface area is 145 Å². The second-order valence-electron chi connectivity index (χ2n) is 5.59. The van der Waals surface area contributed by atoms with Crippen molar-refractivity contribution in [1.29, 1.82) is 0 Å². The molecule has 0 saturated carbocycles. The number of urea groups is 1. The van der Waals surface area contributed by atoms with Crippen LogP contribution in [0, 0.1) is 0 Å². The molecule has 24 heavy (non-hydrogen) atoms. The summed E-state index contributed by atoms with van der Waals surface area (Å²) in [6, 6.07) is 16.1. The summed E-state index contributed by atoms with van der Waals surface area (Å²) in [4.78, 5) is 24.8. The van der Waals surface area contributed by atoms with Gasteiger partial charge in [-0.15, -0.1) is 11.8 Å². The van der Waals surface area contributed by atoms with Gasteiger partial charge in [0.15, 0.2) is 0 Å². The zero-order valence-corrected chi connectivity index (χ0v) is 13.9. The van der Waals surface area contributed by atoms with Gasteiger partial charge in [0.2, 0.25) is 5.91 Å². The molecule has 0 spiro atoms. The van der Waals surface area contributed by atoms with Crippen LogP contribution in [0.1, 0.15) is 29.6 Å². The van der Waals surface area contributed by atoms with Crippen molar-refractivity contribution in [2.45, 2.75) is 23.4 Å². The maximum absolute atomic E-state index is 12.5. The predicted molar refractivity (Wildman–Crippen MR) is 94.6 cm³/mol. The second kappa shape index (κ2) is 7.51. The van der Waals surface area contributed by atoms with Gasteiger partial charge < -0.3 is 5.73 Å². The van der Waals surface area contributed by atoms with Gasteiger partial charge in [0.1, 0.15) is 6.04 Å². The van der Waals surface area contributed by atoms with Crippen molar-refractivity contribution in [2.24, 2.45) is 5.73 Å². The third kappa shape index (κ3) is 3.77. The number of carbonyl (C=O) groups is 2. The average Bonchev–Trinajstić information content (AvgIpc) is 2.60. The zero-order valence-electron chi connectivity index (χ0n) is 13.1. The number of imide groups is 1. The number of amides is 3. The Morgan fingerprint density at radius 2 is 1.79 bits per heavy atom. The molecule has 2 aromatic rings. The highest BCUT2D eigenvalue weighted by molar-refractivity contribution is 7.99. The van der Waals surface area contributed by atoms with Gasteiger partial charge in [-0.05, 0) is 29.4 Å². The van der Waals surface area contributed by atoms with Crippen LogP contribution in [0.15, 0.2) is 59.5 Å². The number of carbonyl (C=O) groups excluding carboxylic acids is 2. The number of thioether (sulfide) groups is 1. The summed E-state index contributed by atoms with van der Waals surface area (Å²) < 4.78 is 0. The number of primary amides is 1. The summed E-state index contributed by atoms with van der Waals surface area (Å²) in [5, 5.41) is 5.59. The first-order valence-electron chi connectivity index (χ1n) is 7.78. The van der Waals surface area contributed by atoms with Crippen molar-refractivity contribution < 1.29 is 9.59 Å². The SMILES string of the molecule is NC(=O)NC(=O)[C@@H](N[C@H]1CCSc2ccccc21)c1ccccc1. The lowest BCUT2D eigenvalue weighted by Gasteiger charge is -2.29. The average molecular weight is 341 g/mol. The summed E-state index contributed by atoms with van der Waals surface area (Å²) in [7, 11) is 0. The number of hydrogen-bond donors (Lipinski definition) is 3. The quantitative estimate of drug-likeness (QED) is 0.798. The van der Waals surface area contributed by atoms with Gasteiger partial charge in [-0.3, -0.25) is 15.4 Å². The Morgan fingerprint density at radius 1 is 1.08 bits per heavy atom. The van der Waals surface area contributed by atoms with E-state index in [1.165, 1.54) is 10.5 Å². The van der Waals surface area contributed by atoms with E-state index >= 15 is 0 Å². The first-order chi connectivity index (χ1) is 11.6. The molecule has 0 fully saturated rings. The molecule has 1 aliphatic heterocycles. The molecule has 2 aromatic carbocycles. The summed E-state index contributed by atoms with van der Waals surface area (Å²) >= 11 is 1.82. The number of fused-ring (bicyclic) bond motifs is 1. The van der Waals surface area contributed by atoms with Crippen LogP contribution < -0.4 is 16.4 Å². The van der Waals surface area contributed by atoms with Gasteiger partial charge in [-0.1, -0.05) is 48.5 Å². The maximum Gasteiger partial charge on any atom is 0.318 e. The fraction of sp³-hybridized carbons (Fsp3) is 0.222. The van der Waals surface area contributed by atoms with Crippen molar-refractivity contribution in [3.8, 4) is 0 Å². The summed E-state index contributed by atoms with van der Waals surface area (Å²) in [6.07, 6.45) is 0.912. The van der Waals surface area contributed by atoms with E-state index in [9.17, 15) is 9.59 Å². The second-order valence-corrected chi connectivity index (χ2v) is 6.73. The van der Waals surface area contributed by atoms with Crippen LogP contribution in [0.25, 0.3) is 0 Å². The lowest BCUT2D eigenvalue weighted by atomic mass is 9.99. The topological polar surface area (TPSA) is 84.2 Å². The summed E-state index contributed by atoms with van der Waals surface area (Å²) in [5.74, 6) is 0.539. The Hall–Kier alpha value is -2.31. The Morgan fingerprint density at radius 3 is 2.54 bits per heavy atom. The third-order valence-electron chi connectivity index (χ3n) is 3.97. The predicted octanol–water partition coefficient (Wildman–Crippen LogP) is 2.75. The van der Waals surface area contributed by atoms with Crippen molar-refractivity contribution in [2.75, 3.05) is 5.75 Å². The molecule has 0 aliphatic carbocycles. The molecule has 0 unspecified atom stereocenters. The van der Waals surface area contributed by atoms with Crippen LogP contribution in [0.3, 0.4) is 0 Å². The van der Waals surface area contributed by atoms with E-state index < -0.39 is 18.0 Å². The Kier molecular flexibility index (Phi) is 5.17. The van der Waals surface area contributed by atoms with Crippen LogP contribution in [-0.2, 0) is 4.79 Å². The van der Waals surface area contributed by atoms with E-state index in [1.54, 1.807) is 0 Å². The van der Waals surface area contributed by atoms with Crippen LogP contribution in [-0.4, -0.2) is 17.7 Å². The lowest BCUT2D eigenvalue weighted by molar-refractivity contribution is -0.122. The van der Waals surface area contributed by atoms with Crippen molar-refractivity contribution in [3.05, 3.63) is 65.7 Å². The highest BCUT2D eigenvalue weighted by atomic mass is 32.2. The van der Waals surface area contributed by atoms with Crippen molar-refractivity contribution in [1.82, 2.24) is 10.6 Å². The molecule has 0 radical (unpaired) electrons. The molecule has 0 saturated heterocycles. The molecule has 124 valence electrons. The Balaban J connectivity index is 1.87. The monoisotopic (exact) mass is 341 g/mol. The molecule has 6 heteroatoms. The number of nitrogens with two attached hydrogens (primary N) is 1. The van der Waals surface area contributed by atoms with Gasteiger partial charge in [-0.25, -0.2) is 4.79 Å². The van der Waals surface area contributed by atoms with Crippen molar-refractivity contribution >= 4 is 23.7 Å². The fourth-order valence-corrected chi connectivity index (χ4v) is 4.00. The Bertz CT molecular complexity index is 736. The van der Waals surface area contributed by atoms with Crippen molar-refractivity contribution in [3.63, 3.8) is 0 Å². The van der Waals surface area contributed by atoms with E-state index in [4.69, 9.17) is 5.73 Å². The highest BCUT2D eigenvalue weighted by Gasteiger charge is 2.28. The van der Waals surface area contributed by atoms with Crippen LogP contribution in [0.5, 0.6) is 0 Å². The van der Waals surface area contributed by atoms with Gasteiger partial charge >= 0.3 is 6.03 Å². The third-order valence-corrected chi connectivity index (χ3v) is 5.09. The summed E-state index contributed by atoms with van der Waals surface area (Å²) in [5.41, 5.74) is 7.10. The molecular formula is C18H19N3O2S. The number of nitrogens with one attached hydrogen (secondary N) is 2. The molecule has 0 bridgehead atoms. The molecule has 1 aliphatic rings. The first kappa shape index (κ1) is 16.5. The van der Waals surface area contributed by atoms with E-state index in [0.717, 1.165) is 17.7 Å². The van der Waals surface area contributed by atoms with Crippen LogP contribution in [0.2, 0.25) is 0 Å². The van der Waals surface area contributed by atoms with Gasteiger partial charge in [0, 0.05) is 10.9 Å². The molecule has 3 rings (SSSR count). The van der Waals surface area contributed by atoms with E-state index in [1.807, 2.05) is 54.2 Å². The zero-order chi connectivity index (χ0) is 16.9. The largest absolute Gasteiger partial charge is 0.351 e. The molecule has 5 nitrogen and oxygen atoms in total. The lowest BCUT2D eigenvalue weighted by Crippen LogP contribution is -2.44. The molecule has 1 heterocycles. The van der Waals surface area contributed by atoms with E-state index in [0.29, 0.717) is 0 Å². The minimum absolute atomic E-state index is 0.0475. The molecular weight excluding hydrogens is 322 g/mol. The van der Waals surface area contributed by atoms with Crippen LogP contribution in [0.4, 0.5) is 4.79 Å². The normalized spacial score (nSPS) is 17.6. The van der Waals surface area contributed by atoms with Crippen LogP contribution >= 0.6 is 11.8 Å². The van der Waals surface area contributed by atoms with Gasteiger partial charge in [0.25, 0.3) is 0 Å². The van der Waals surface area contributed by atoms with E-state index in [-0.39, 0.29) is 6.04 Å². The minimum atomic E-state index is -0.845. The molecule has 3 amide bonds. The summed E-state index contributed by atoms with van der Waals surface area (Å²) in [6.45, 7) is 0. The number of rotatable bonds is 4. The standard InChI is InChI=1S/C18H19N3O2S/c19-18(23)21-17(22)16(12-6-2-1-3-7-12)20-14-10-11-24-15-9-5-4-8-13(14)15/h1-9,14,16,20H,10-11H2,(H3,19,21,22,23)/t14-,16-/m0/s1.